The van der Waals surface area contributed by atoms with Gasteiger partial charge in [0.25, 0.3) is 5.69 Å². The molecule has 1 aromatic carbocycles. The summed E-state index contributed by atoms with van der Waals surface area (Å²) in [5, 5.41) is 13.1. The molecule has 0 radical (unpaired) electrons. The number of halogens is 2. The highest BCUT2D eigenvalue weighted by Crippen LogP contribution is 2.26. The van der Waals surface area contributed by atoms with E-state index < -0.39 is 10.8 Å². The van der Waals surface area contributed by atoms with E-state index in [1.54, 1.807) is 0 Å². The third-order valence-electron chi connectivity index (χ3n) is 1.89. The number of anilines is 1. The molecule has 0 spiro atoms. The summed E-state index contributed by atoms with van der Waals surface area (Å²) in [4.78, 5) is 21.5. The molecule has 0 saturated heterocycles. The van der Waals surface area contributed by atoms with Crippen molar-refractivity contribution in [1.82, 2.24) is 0 Å². The van der Waals surface area contributed by atoms with E-state index in [0.29, 0.717) is 16.0 Å². The minimum Gasteiger partial charge on any atom is -0.370 e. The minimum absolute atomic E-state index is 0.102. The molecule has 8 heteroatoms. The number of nitrogens with zero attached hydrogens (tertiary/aromatic N) is 1. The summed E-state index contributed by atoms with van der Waals surface area (Å²) in [5.74, 6) is -0.102. The fourth-order valence-electron chi connectivity index (χ4n) is 1.13. The summed E-state index contributed by atoms with van der Waals surface area (Å²) < 4.78 is 5.50. The van der Waals surface area contributed by atoms with Crippen molar-refractivity contribution < 1.29 is 14.5 Å². The molecule has 1 amide bonds. The maximum absolute atomic E-state index is 11.5. The lowest BCUT2D eigenvalue weighted by atomic mass is 10.3. The molecule has 0 aromatic heterocycles. The molecule has 0 bridgehead atoms. The second-order valence-electron chi connectivity index (χ2n) is 3.21. The summed E-state index contributed by atoms with van der Waals surface area (Å²) >= 11 is 8.58. The number of ether oxygens (including phenoxy) is 1. The van der Waals surface area contributed by atoms with Crippen LogP contribution in [0.25, 0.3) is 0 Å². The first-order valence-electron chi connectivity index (χ1n) is 4.92. The molecule has 1 aromatic rings. The van der Waals surface area contributed by atoms with E-state index in [0.717, 1.165) is 0 Å². The van der Waals surface area contributed by atoms with Crippen molar-refractivity contribution in [2.45, 2.75) is 0 Å². The number of nitrogens with one attached hydrogen (secondary N) is 1. The monoisotopic (exact) mass is 336 g/mol. The third-order valence-corrected chi connectivity index (χ3v) is 2.74. The first-order chi connectivity index (χ1) is 8.54. The molecule has 0 aliphatic rings. The van der Waals surface area contributed by atoms with Gasteiger partial charge in [-0.05, 0) is 22.0 Å². The summed E-state index contributed by atoms with van der Waals surface area (Å²) in [6.45, 7) is 0.118. The lowest BCUT2D eigenvalue weighted by molar-refractivity contribution is -0.384. The lowest BCUT2D eigenvalue weighted by Gasteiger charge is -2.07. The first-order valence-corrected chi connectivity index (χ1v) is 6.25. The number of rotatable bonds is 6. The number of nitro benzene ring substituents is 1. The lowest BCUT2D eigenvalue weighted by Crippen LogP contribution is -2.19. The Morgan fingerprint density at radius 1 is 1.56 bits per heavy atom. The fourth-order valence-corrected chi connectivity index (χ4v) is 1.58. The van der Waals surface area contributed by atoms with Gasteiger partial charge >= 0.3 is 0 Å². The first kappa shape index (κ1) is 14.9. The second kappa shape index (κ2) is 7.30. The predicted octanol–water partition coefficient (Wildman–Crippen LogP) is 2.55. The van der Waals surface area contributed by atoms with Crippen LogP contribution < -0.4 is 5.32 Å². The van der Waals surface area contributed by atoms with Gasteiger partial charge in [-0.1, -0.05) is 0 Å². The van der Waals surface area contributed by atoms with Gasteiger partial charge in [-0.3, -0.25) is 14.9 Å². The SMILES string of the molecule is O=C(COCCCl)Nc1cc([N+](=O)[O-])ccc1Br. The zero-order valence-corrected chi connectivity index (χ0v) is 11.5. The van der Waals surface area contributed by atoms with E-state index in [2.05, 4.69) is 21.2 Å². The van der Waals surface area contributed by atoms with Crippen molar-refractivity contribution in [3.05, 3.63) is 32.8 Å². The quantitative estimate of drug-likeness (QED) is 0.374. The Labute approximate surface area is 117 Å². The van der Waals surface area contributed by atoms with Crippen molar-refractivity contribution in [3.8, 4) is 0 Å². The zero-order chi connectivity index (χ0) is 13.5. The van der Waals surface area contributed by atoms with E-state index in [4.69, 9.17) is 16.3 Å². The summed E-state index contributed by atoms with van der Waals surface area (Å²) in [6.07, 6.45) is 0. The number of alkyl halides is 1. The number of benzene rings is 1. The van der Waals surface area contributed by atoms with Crippen LogP contribution in [0.3, 0.4) is 0 Å². The van der Waals surface area contributed by atoms with Gasteiger partial charge in [0.15, 0.2) is 0 Å². The highest BCUT2D eigenvalue weighted by molar-refractivity contribution is 9.10. The molecule has 0 atom stereocenters. The Balaban J connectivity index is 2.68. The number of nitro groups is 1. The van der Waals surface area contributed by atoms with Gasteiger partial charge in [-0.2, -0.15) is 0 Å². The van der Waals surface area contributed by atoms with Crippen molar-refractivity contribution >= 4 is 44.8 Å². The molecule has 0 fully saturated rings. The van der Waals surface area contributed by atoms with Crippen molar-refractivity contribution in [2.24, 2.45) is 0 Å². The van der Waals surface area contributed by atoms with Crippen LogP contribution >= 0.6 is 27.5 Å². The van der Waals surface area contributed by atoms with Gasteiger partial charge in [-0.25, -0.2) is 0 Å². The molecular formula is C10H10BrClN2O4. The second-order valence-corrected chi connectivity index (χ2v) is 4.44. The van der Waals surface area contributed by atoms with Crippen molar-refractivity contribution in [1.29, 1.82) is 0 Å². The molecule has 0 saturated carbocycles. The largest absolute Gasteiger partial charge is 0.370 e. The van der Waals surface area contributed by atoms with Gasteiger partial charge in [0.1, 0.15) is 6.61 Å². The fraction of sp³-hybridized carbons (Fsp3) is 0.300. The molecule has 98 valence electrons. The maximum Gasteiger partial charge on any atom is 0.271 e. The average molecular weight is 338 g/mol. The predicted molar refractivity (Wildman–Crippen MR) is 71.0 cm³/mol. The van der Waals surface area contributed by atoms with Crippen LogP contribution in [0, 0.1) is 10.1 Å². The van der Waals surface area contributed by atoms with Gasteiger partial charge in [0.2, 0.25) is 5.91 Å². The topological polar surface area (TPSA) is 81.5 Å². The van der Waals surface area contributed by atoms with Crippen LogP contribution in [0.5, 0.6) is 0 Å². The highest BCUT2D eigenvalue weighted by Gasteiger charge is 2.11. The van der Waals surface area contributed by atoms with Crippen LogP contribution in [-0.2, 0) is 9.53 Å². The molecule has 0 aliphatic heterocycles. The van der Waals surface area contributed by atoms with E-state index >= 15 is 0 Å². The third kappa shape index (κ3) is 4.59. The molecule has 1 rings (SSSR count). The van der Waals surface area contributed by atoms with E-state index in [9.17, 15) is 14.9 Å². The van der Waals surface area contributed by atoms with Crippen molar-refractivity contribution in [3.63, 3.8) is 0 Å². The summed E-state index contributed by atoms with van der Waals surface area (Å²) in [6, 6.07) is 4.10. The molecular weight excluding hydrogens is 327 g/mol. The number of carbonyl (C=O) groups is 1. The summed E-state index contributed by atoms with van der Waals surface area (Å²) in [5.41, 5.74) is 0.221. The highest BCUT2D eigenvalue weighted by atomic mass is 79.9. The molecule has 0 unspecified atom stereocenters. The van der Waals surface area contributed by atoms with E-state index in [-0.39, 0.29) is 18.9 Å². The maximum atomic E-state index is 11.5. The molecule has 0 aliphatic carbocycles. The normalized spacial score (nSPS) is 10.1. The van der Waals surface area contributed by atoms with Crippen LogP contribution in [0.15, 0.2) is 22.7 Å². The molecule has 6 nitrogen and oxygen atoms in total. The van der Waals surface area contributed by atoms with Crippen LogP contribution in [-0.4, -0.2) is 29.9 Å². The van der Waals surface area contributed by atoms with Gasteiger partial charge < -0.3 is 10.1 Å². The van der Waals surface area contributed by atoms with Crippen LogP contribution in [0.4, 0.5) is 11.4 Å². The Morgan fingerprint density at radius 3 is 2.89 bits per heavy atom. The number of non-ortho nitro benzene ring substituents is 1. The van der Waals surface area contributed by atoms with Crippen LogP contribution in [0.1, 0.15) is 0 Å². The number of carbonyl (C=O) groups excluding carboxylic acids is 1. The number of hydrogen-bond donors (Lipinski definition) is 1. The molecule has 0 heterocycles. The van der Waals surface area contributed by atoms with Gasteiger partial charge in [0, 0.05) is 22.5 Å². The molecule has 1 N–H and O–H groups in total. The minimum atomic E-state index is -0.536. The Bertz CT molecular complexity index is 456. The Morgan fingerprint density at radius 2 is 2.28 bits per heavy atom. The standard InChI is InChI=1S/C10H10BrClN2O4/c11-8-2-1-7(14(16)17)5-9(8)13-10(15)6-18-4-3-12/h1-2,5H,3-4,6H2,(H,13,15). The Hall–Kier alpha value is -1.18. The van der Waals surface area contributed by atoms with E-state index in [1.807, 2.05) is 0 Å². The van der Waals surface area contributed by atoms with Crippen LogP contribution in [0.2, 0.25) is 0 Å². The van der Waals surface area contributed by atoms with Gasteiger partial charge in [0.05, 0.1) is 17.2 Å². The average Bonchev–Trinajstić information content (AvgIpc) is 2.32. The summed E-state index contributed by atoms with van der Waals surface area (Å²) in [7, 11) is 0. The smallest absolute Gasteiger partial charge is 0.271 e. The van der Waals surface area contributed by atoms with E-state index in [1.165, 1.54) is 18.2 Å². The van der Waals surface area contributed by atoms with Gasteiger partial charge in [-0.15, -0.1) is 11.6 Å². The zero-order valence-electron chi connectivity index (χ0n) is 9.19. The number of hydrogen-bond acceptors (Lipinski definition) is 4. The Kier molecular flexibility index (Phi) is 6.03. The number of amides is 1. The van der Waals surface area contributed by atoms with Crippen molar-refractivity contribution in [2.75, 3.05) is 24.4 Å². The molecule has 18 heavy (non-hydrogen) atoms.